The molecule has 0 saturated carbocycles. The topological polar surface area (TPSA) is 48.1 Å². The Labute approximate surface area is 188 Å². The van der Waals surface area contributed by atoms with Gasteiger partial charge in [-0.1, -0.05) is 37.3 Å². The first-order chi connectivity index (χ1) is 13.2. The van der Waals surface area contributed by atoms with E-state index in [2.05, 4.69) is 56.9 Å². The molecule has 6 heteroatoms. The molecule has 0 amide bonds. The minimum absolute atomic E-state index is 0. The molecule has 158 valence electrons. The molecule has 2 fully saturated rings. The standard InChI is InChI=1S/C22H37N5.HI/c1-20-8-7-13-27(18-20)22(23)24-11-5-6-12-25-14-16-26(17-15-25)19-21-9-3-2-4-10-21;/h2-4,9-10,20H,5-8,11-19H2,1H3,(H2,23,24);1H. The molecule has 0 aromatic heterocycles. The van der Waals surface area contributed by atoms with Crippen LogP contribution in [-0.2, 0) is 6.54 Å². The number of aliphatic imine (C=N–C) groups is 1. The molecule has 2 aliphatic rings. The molecule has 2 heterocycles. The van der Waals surface area contributed by atoms with Gasteiger partial charge in [0.25, 0.3) is 0 Å². The Morgan fingerprint density at radius 2 is 1.75 bits per heavy atom. The van der Waals surface area contributed by atoms with E-state index in [-0.39, 0.29) is 24.0 Å². The Kier molecular flexibility index (Phi) is 10.6. The maximum atomic E-state index is 6.17. The van der Waals surface area contributed by atoms with Crippen molar-refractivity contribution in [2.45, 2.75) is 39.2 Å². The van der Waals surface area contributed by atoms with Crippen LogP contribution in [0.1, 0.15) is 38.2 Å². The summed E-state index contributed by atoms with van der Waals surface area (Å²) in [6, 6.07) is 10.8. The van der Waals surface area contributed by atoms with Crippen LogP contribution in [0.25, 0.3) is 0 Å². The van der Waals surface area contributed by atoms with E-state index in [1.807, 2.05) is 0 Å². The highest BCUT2D eigenvalue weighted by atomic mass is 127. The number of benzene rings is 1. The van der Waals surface area contributed by atoms with Crippen LogP contribution in [0.2, 0.25) is 0 Å². The van der Waals surface area contributed by atoms with Gasteiger partial charge in [0.1, 0.15) is 0 Å². The summed E-state index contributed by atoms with van der Waals surface area (Å²) in [7, 11) is 0. The highest BCUT2D eigenvalue weighted by Crippen LogP contribution is 2.15. The number of piperazine rings is 1. The lowest BCUT2D eigenvalue weighted by molar-refractivity contribution is 0.126. The maximum absolute atomic E-state index is 6.17. The first kappa shape index (κ1) is 23.4. The minimum Gasteiger partial charge on any atom is -0.370 e. The van der Waals surface area contributed by atoms with Gasteiger partial charge in [-0.2, -0.15) is 0 Å². The Morgan fingerprint density at radius 1 is 1.04 bits per heavy atom. The molecule has 0 spiro atoms. The van der Waals surface area contributed by atoms with E-state index in [1.54, 1.807) is 0 Å². The predicted molar refractivity (Wildman–Crippen MR) is 129 cm³/mol. The highest BCUT2D eigenvalue weighted by Gasteiger charge is 2.18. The van der Waals surface area contributed by atoms with E-state index < -0.39 is 0 Å². The molecule has 1 atom stereocenters. The van der Waals surface area contributed by atoms with Gasteiger partial charge < -0.3 is 15.5 Å². The number of halogens is 1. The first-order valence-electron chi connectivity index (χ1n) is 10.7. The number of hydrogen-bond donors (Lipinski definition) is 1. The number of piperidine rings is 1. The molecule has 2 N–H and O–H groups in total. The molecule has 2 aliphatic heterocycles. The summed E-state index contributed by atoms with van der Waals surface area (Å²) in [4.78, 5) is 12.0. The highest BCUT2D eigenvalue weighted by molar-refractivity contribution is 14.0. The van der Waals surface area contributed by atoms with E-state index in [1.165, 1.54) is 57.5 Å². The lowest BCUT2D eigenvalue weighted by Gasteiger charge is -2.34. The molecule has 28 heavy (non-hydrogen) atoms. The normalized spacial score (nSPS) is 22.1. The molecule has 0 bridgehead atoms. The average molecular weight is 499 g/mol. The van der Waals surface area contributed by atoms with E-state index in [0.29, 0.717) is 0 Å². The second-order valence-corrected chi connectivity index (χ2v) is 8.24. The van der Waals surface area contributed by atoms with Crippen molar-refractivity contribution in [2.75, 3.05) is 52.4 Å². The van der Waals surface area contributed by atoms with Crippen LogP contribution >= 0.6 is 24.0 Å². The number of hydrogen-bond acceptors (Lipinski definition) is 3. The number of unbranched alkanes of at least 4 members (excludes halogenated alkanes) is 1. The molecule has 2 saturated heterocycles. The van der Waals surface area contributed by atoms with Gasteiger partial charge in [0.05, 0.1) is 0 Å². The molecule has 1 aromatic carbocycles. The zero-order chi connectivity index (χ0) is 18.9. The third-order valence-corrected chi connectivity index (χ3v) is 5.85. The van der Waals surface area contributed by atoms with Gasteiger partial charge in [-0.15, -0.1) is 24.0 Å². The average Bonchev–Trinajstić information content (AvgIpc) is 2.69. The Hall–Kier alpha value is -0.860. The largest absolute Gasteiger partial charge is 0.370 e. The summed E-state index contributed by atoms with van der Waals surface area (Å²) in [5, 5.41) is 0. The van der Waals surface area contributed by atoms with Crippen molar-refractivity contribution >= 4 is 29.9 Å². The molecular weight excluding hydrogens is 461 g/mol. The fourth-order valence-electron chi connectivity index (χ4n) is 4.15. The first-order valence-corrected chi connectivity index (χ1v) is 10.7. The zero-order valence-corrected chi connectivity index (χ0v) is 19.8. The van der Waals surface area contributed by atoms with Gasteiger partial charge in [-0.25, -0.2) is 0 Å². The SMILES string of the molecule is CC1CCCN(C(N)=NCCCCN2CCN(Cc3ccccc3)CC2)C1.I. The summed E-state index contributed by atoms with van der Waals surface area (Å²) in [6.45, 7) is 12.3. The molecule has 3 rings (SSSR count). The quantitative estimate of drug-likeness (QED) is 0.271. The molecular formula is C22H38IN5. The minimum atomic E-state index is 0. The lowest BCUT2D eigenvalue weighted by atomic mass is 10.0. The van der Waals surface area contributed by atoms with Gasteiger partial charge in [-0.05, 0) is 43.7 Å². The van der Waals surface area contributed by atoms with Gasteiger partial charge in [0, 0.05) is 52.4 Å². The van der Waals surface area contributed by atoms with Gasteiger partial charge in [-0.3, -0.25) is 9.89 Å². The molecule has 1 unspecified atom stereocenters. The summed E-state index contributed by atoms with van der Waals surface area (Å²) in [5.41, 5.74) is 7.60. The smallest absolute Gasteiger partial charge is 0.191 e. The maximum Gasteiger partial charge on any atom is 0.191 e. The summed E-state index contributed by atoms with van der Waals surface area (Å²) in [5.74, 6) is 1.50. The van der Waals surface area contributed by atoms with Crippen LogP contribution in [-0.4, -0.2) is 73.0 Å². The second-order valence-electron chi connectivity index (χ2n) is 8.24. The van der Waals surface area contributed by atoms with Crippen LogP contribution in [0.3, 0.4) is 0 Å². The third-order valence-electron chi connectivity index (χ3n) is 5.85. The number of rotatable bonds is 7. The Bertz CT molecular complexity index is 572. The van der Waals surface area contributed by atoms with Crippen molar-refractivity contribution < 1.29 is 0 Å². The summed E-state index contributed by atoms with van der Waals surface area (Å²) in [6.07, 6.45) is 4.91. The van der Waals surface area contributed by atoms with Crippen molar-refractivity contribution in [3.8, 4) is 0 Å². The monoisotopic (exact) mass is 499 g/mol. The van der Waals surface area contributed by atoms with E-state index in [0.717, 1.165) is 44.5 Å². The predicted octanol–water partition coefficient (Wildman–Crippen LogP) is 3.25. The van der Waals surface area contributed by atoms with Crippen molar-refractivity contribution in [3.63, 3.8) is 0 Å². The number of nitrogens with zero attached hydrogens (tertiary/aromatic N) is 4. The van der Waals surface area contributed by atoms with Crippen molar-refractivity contribution in [3.05, 3.63) is 35.9 Å². The fourth-order valence-corrected chi connectivity index (χ4v) is 4.15. The van der Waals surface area contributed by atoms with E-state index in [9.17, 15) is 0 Å². The van der Waals surface area contributed by atoms with Gasteiger partial charge in [0.2, 0.25) is 0 Å². The van der Waals surface area contributed by atoms with E-state index >= 15 is 0 Å². The van der Waals surface area contributed by atoms with Crippen molar-refractivity contribution in [1.29, 1.82) is 0 Å². The second kappa shape index (κ2) is 12.6. The summed E-state index contributed by atoms with van der Waals surface area (Å²) < 4.78 is 0. The van der Waals surface area contributed by atoms with Crippen LogP contribution in [0, 0.1) is 5.92 Å². The van der Waals surface area contributed by atoms with Gasteiger partial charge >= 0.3 is 0 Å². The zero-order valence-electron chi connectivity index (χ0n) is 17.4. The van der Waals surface area contributed by atoms with Crippen molar-refractivity contribution in [2.24, 2.45) is 16.6 Å². The molecule has 0 radical (unpaired) electrons. The summed E-state index contributed by atoms with van der Waals surface area (Å²) >= 11 is 0. The number of nitrogens with two attached hydrogens (primary N) is 1. The third kappa shape index (κ3) is 7.87. The fraction of sp³-hybridized carbons (Fsp3) is 0.682. The Balaban J connectivity index is 0.00000280. The molecule has 5 nitrogen and oxygen atoms in total. The van der Waals surface area contributed by atoms with Crippen LogP contribution < -0.4 is 5.73 Å². The molecule has 0 aliphatic carbocycles. The number of guanidine groups is 1. The molecule has 1 aromatic rings. The van der Waals surface area contributed by atoms with Gasteiger partial charge in [0.15, 0.2) is 5.96 Å². The van der Waals surface area contributed by atoms with E-state index in [4.69, 9.17) is 5.73 Å². The van der Waals surface area contributed by atoms with Crippen molar-refractivity contribution in [1.82, 2.24) is 14.7 Å². The van der Waals surface area contributed by atoms with Crippen LogP contribution in [0.5, 0.6) is 0 Å². The van der Waals surface area contributed by atoms with Crippen LogP contribution in [0.15, 0.2) is 35.3 Å². The lowest BCUT2D eigenvalue weighted by Crippen LogP contribution is -2.46. The van der Waals surface area contributed by atoms with Crippen LogP contribution in [0.4, 0.5) is 0 Å². The Morgan fingerprint density at radius 3 is 2.46 bits per heavy atom. The number of likely N-dealkylation sites (tertiary alicyclic amines) is 1.